The van der Waals surface area contributed by atoms with E-state index < -0.39 is 9.84 Å². The maximum Gasteiger partial charge on any atom is 0.210 e. The normalized spacial score (nSPS) is 15.7. The van der Waals surface area contributed by atoms with Gasteiger partial charge in [0.05, 0.1) is 21.8 Å². The summed E-state index contributed by atoms with van der Waals surface area (Å²) in [6.07, 6.45) is 1.48. The van der Waals surface area contributed by atoms with Crippen LogP contribution in [0.4, 0.5) is 11.4 Å². The van der Waals surface area contributed by atoms with E-state index >= 15 is 0 Å². The van der Waals surface area contributed by atoms with Gasteiger partial charge in [-0.3, -0.25) is 4.98 Å². The van der Waals surface area contributed by atoms with Crippen molar-refractivity contribution in [2.24, 2.45) is 0 Å². The first-order valence-corrected chi connectivity index (χ1v) is 10.8. The fourth-order valence-corrected chi connectivity index (χ4v) is 5.12. The van der Waals surface area contributed by atoms with Crippen LogP contribution in [0.15, 0.2) is 64.5 Å². The molecule has 0 unspecified atom stereocenters. The molecule has 0 atom stereocenters. The van der Waals surface area contributed by atoms with Crippen molar-refractivity contribution < 1.29 is 8.42 Å². The van der Waals surface area contributed by atoms with Gasteiger partial charge in [-0.05, 0) is 25.2 Å². The summed E-state index contributed by atoms with van der Waals surface area (Å²) in [5, 5.41) is 3.92. The van der Waals surface area contributed by atoms with Gasteiger partial charge in [0.2, 0.25) is 9.84 Å². The predicted octanol–water partition coefficient (Wildman–Crippen LogP) is 2.86. The summed E-state index contributed by atoms with van der Waals surface area (Å²) in [5.74, 6) is 0. The largest absolute Gasteiger partial charge is 0.386 e. The van der Waals surface area contributed by atoms with Crippen molar-refractivity contribution in [3.8, 4) is 0 Å². The van der Waals surface area contributed by atoms with Crippen molar-refractivity contribution in [3.05, 3.63) is 54.7 Å². The average Bonchev–Trinajstić information content (AvgIpc) is 2.73. The molecule has 28 heavy (non-hydrogen) atoms. The van der Waals surface area contributed by atoms with Gasteiger partial charge in [0.1, 0.15) is 4.90 Å². The smallest absolute Gasteiger partial charge is 0.210 e. The lowest BCUT2D eigenvalue weighted by atomic mass is 10.1. The van der Waals surface area contributed by atoms with Crippen LogP contribution in [0.5, 0.6) is 0 Å². The molecule has 1 aliphatic heterocycles. The van der Waals surface area contributed by atoms with Crippen molar-refractivity contribution >= 4 is 32.1 Å². The second kappa shape index (κ2) is 7.41. The quantitative estimate of drug-likeness (QED) is 0.732. The van der Waals surface area contributed by atoms with Gasteiger partial charge in [0, 0.05) is 44.8 Å². The number of pyridine rings is 1. The molecule has 146 valence electrons. The zero-order chi connectivity index (χ0) is 19.7. The lowest BCUT2D eigenvalue weighted by Crippen LogP contribution is -2.44. The number of fused-ring (bicyclic) bond motifs is 1. The fraction of sp³-hybridized carbons (Fsp3) is 0.286. The maximum atomic E-state index is 13.2. The zero-order valence-corrected chi connectivity index (χ0v) is 16.9. The lowest BCUT2D eigenvalue weighted by Gasteiger charge is -2.34. The Bertz CT molecular complexity index is 1090. The van der Waals surface area contributed by atoms with Crippen molar-refractivity contribution in [1.29, 1.82) is 0 Å². The third kappa shape index (κ3) is 3.21. The molecule has 0 bridgehead atoms. The van der Waals surface area contributed by atoms with E-state index in [-0.39, 0.29) is 9.79 Å². The van der Waals surface area contributed by atoms with Crippen LogP contribution in [0.2, 0.25) is 0 Å². The monoisotopic (exact) mass is 396 g/mol. The first kappa shape index (κ1) is 18.7. The number of nitrogens with one attached hydrogen (secondary N) is 1. The summed E-state index contributed by atoms with van der Waals surface area (Å²) in [6, 6.07) is 14.4. The molecule has 2 aromatic carbocycles. The molecule has 0 spiro atoms. The Balaban J connectivity index is 1.86. The van der Waals surface area contributed by atoms with Gasteiger partial charge in [0.25, 0.3) is 0 Å². The molecule has 1 N–H and O–H groups in total. The highest BCUT2D eigenvalue weighted by molar-refractivity contribution is 7.91. The SMILES string of the molecule is CNc1c(S(=O)(=O)c2ccccc2)cnc2c(N3CCN(C)CC3)cccc12. The number of sulfone groups is 1. The van der Waals surface area contributed by atoms with Crippen LogP contribution < -0.4 is 10.2 Å². The zero-order valence-electron chi connectivity index (χ0n) is 16.1. The minimum atomic E-state index is -3.66. The van der Waals surface area contributed by atoms with Crippen LogP contribution in [0, 0.1) is 0 Å². The molecule has 1 saturated heterocycles. The number of rotatable bonds is 4. The molecule has 0 saturated carbocycles. The first-order chi connectivity index (χ1) is 13.5. The minimum absolute atomic E-state index is 0.198. The Morgan fingerprint density at radius 3 is 2.36 bits per heavy atom. The highest BCUT2D eigenvalue weighted by Crippen LogP contribution is 2.36. The molecule has 2 heterocycles. The molecular formula is C21H24N4O2S. The number of hydrogen-bond acceptors (Lipinski definition) is 6. The standard InChI is InChI=1S/C21H24N4O2S/c1-22-21-17-9-6-10-18(25-13-11-24(2)12-14-25)20(17)23-15-19(21)28(26,27)16-7-4-3-5-8-16/h3-10,15H,11-14H2,1-2H3,(H,22,23). The van der Waals surface area contributed by atoms with Gasteiger partial charge >= 0.3 is 0 Å². The van der Waals surface area contributed by atoms with Crippen molar-refractivity contribution in [2.45, 2.75) is 9.79 Å². The summed E-state index contributed by atoms with van der Waals surface area (Å²) in [6.45, 7) is 3.85. The van der Waals surface area contributed by atoms with E-state index in [1.807, 2.05) is 12.1 Å². The van der Waals surface area contributed by atoms with Crippen LogP contribution in [-0.2, 0) is 9.84 Å². The summed E-state index contributed by atoms with van der Waals surface area (Å²) in [7, 11) is 0.211. The molecule has 6 nitrogen and oxygen atoms in total. The van der Waals surface area contributed by atoms with Gasteiger partial charge in [-0.1, -0.05) is 30.3 Å². The highest BCUT2D eigenvalue weighted by Gasteiger charge is 2.25. The van der Waals surface area contributed by atoms with Gasteiger partial charge in [-0.2, -0.15) is 0 Å². The number of likely N-dealkylation sites (N-methyl/N-ethyl adjacent to an activating group) is 1. The van der Waals surface area contributed by atoms with Crippen LogP contribution >= 0.6 is 0 Å². The first-order valence-electron chi connectivity index (χ1n) is 9.35. The third-order valence-corrected chi connectivity index (χ3v) is 7.06. The Kier molecular flexibility index (Phi) is 4.95. The van der Waals surface area contributed by atoms with E-state index in [0.717, 1.165) is 42.8 Å². The fourth-order valence-electron chi connectivity index (χ4n) is 3.68. The van der Waals surface area contributed by atoms with Crippen LogP contribution in [-0.4, -0.2) is 58.6 Å². The number of piperazine rings is 1. The van der Waals surface area contributed by atoms with Crippen LogP contribution in [0.1, 0.15) is 0 Å². The van der Waals surface area contributed by atoms with Crippen LogP contribution in [0.25, 0.3) is 10.9 Å². The molecule has 0 amide bonds. The molecule has 7 heteroatoms. The third-order valence-electron chi connectivity index (χ3n) is 5.28. The second-order valence-corrected chi connectivity index (χ2v) is 8.95. The number of para-hydroxylation sites is 1. The van der Waals surface area contributed by atoms with Crippen molar-refractivity contribution in [2.75, 3.05) is 50.5 Å². The molecule has 0 radical (unpaired) electrons. The van der Waals surface area contributed by atoms with E-state index in [0.29, 0.717) is 5.69 Å². The molecule has 1 fully saturated rings. The molecule has 0 aliphatic carbocycles. The summed E-state index contributed by atoms with van der Waals surface area (Å²) < 4.78 is 26.4. The number of benzene rings is 2. The van der Waals surface area contributed by atoms with Gasteiger partial charge in [-0.15, -0.1) is 0 Å². The van der Waals surface area contributed by atoms with Gasteiger partial charge < -0.3 is 15.1 Å². The van der Waals surface area contributed by atoms with Crippen molar-refractivity contribution in [3.63, 3.8) is 0 Å². The maximum absolute atomic E-state index is 13.2. The van der Waals surface area contributed by atoms with E-state index in [9.17, 15) is 8.42 Å². The van der Waals surface area contributed by atoms with E-state index in [2.05, 4.69) is 33.2 Å². The van der Waals surface area contributed by atoms with Crippen molar-refractivity contribution in [1.82, 2.24) is 9.88 Å². The molecule has 3 aromatic rings. The Hall–Kier alpha value is -2.64. The average molecular weight is 397 g/mol. The molecule has 1 aromatic heterocycles. The van der Waals surface area contributed by atoms with E-state index in [1.165, 1.54) is 6.20 Å². The topological polar surface area (TPSA) is 65.5 Å². The molecule has 4 rings (SSSR count). The number of nitrogens with zero attached hydrogens (tertiary/aromatic N) is 3. The summed E-state index contributed by atoms with van der Waals surface area (Å²) in [5.41, 5.74) is 2.46. The summed E-state index contributed by atoms with van der Waals surface area (Å²) >= 11 is 0. The van der Waals surface area contributed by atoms with E-state index in [4.69, 9.17) is 0 Å². The predicted molar refractivity (Wildman–Crippen MR) is 113 cm³/mol. The Morgan fingerprint density at radius 2 is 1.68 bits per heavy atom. The van der Waals surface area contributed by atoms with E-state index in [1.54, 1.807) is 37.4 Å². The highest BCUT2D eigenvalue weighted by atomic mass is 32.2. The summed E-state index contributed by atoms with van der Waals surface area (Å²) in [4.78, 5) is 9.69. The lowest BCUT2D eigenvalue weighted by molar-refractivity contribution is 0.313. The number of aromatic nitrogens is 1. The van der Waals surface area contributed by atoms with Gasteiger partial charge in [-0.25, -0.2) is 8.42 Å². The number of hydrogen-bond donors (Lipinski definition) is 1. The molecule has 1 aliphatic rings. The molecular weight excluding hydrogens is 372 g/mol. The second-order valence-electron chi connectivity index (χ2n) is 7.03. The number of anilines is 2. The van der Waals surface area contributed by atoms with Gasteiger partial charge in [0.15, 0.2) is 0 Å². The minimum Gasteiger partial charge on any atom is -0.386 e. The Morgan fingerprint density at radius 1 is 0.964 bits per heavy atom. The Labute approximate surface area is 165 Å². The van der Waals surface area contributed by atoms with Crippen LogP contribution in [0.3, 0.4) is 0 Å².